The average molecular weight is 415 g/mol. The fraction of sp³-hybridized carbons (Fsp3) is 0.250. The molecule has 2 aliphatic rings. The van der Waals surface area contributed by atoms with Gasteiger partial charge in [-0.1, -0.05) is 36.1 Å². The van der Waals surface area contributed by atoms with Crippen LogP contribution in [0.2, 0.25) is 0 Å². The third-order valence-electron chi connectivity index (χ3n) is 4.58. The lowest BCUT2D eigenvalue weighted by Crippen LogP contribution is -2.35. The Morgan fingerprint density at radius 1 is 1.36 bits per heavy atom. The molecular formula is C20H17NO5S2. The fourth-order valence-corrected chi connectivity index (χ4v) is 4.42. The molecule has 2 saturated heterocycles. The molecule has 0 bridgehead atoms. The van der Waals surface area contributed by atoms with Gasteiger partial charge < -0.3 is 14.3 Å². The number of amides is 1. The highest BCUT2D eigenvalue weighted by molar-refractivity contribution is 8.26. The fourth-order valence-electron chi connectivity index (χ4n) is 3.17. The largest absolute Gasteiger partial charge is 0.478 e. The quantitative estimate of drug-likeness (QED) is 0.583. The topological polar surface area (TPSA) is 80.0 Å². The summed E-state index contributed by atoms with van der Waals surface area (Å²) >= 11 is 6.60. The lowest BCUT2D eigenvalue weighted by Gasteiger charge is -2.18. The lowest BCUT2D eigenvalue weighted by molar-refractivity contribution is -0.123. The second-order valence-corrected chi connectivity index (χ2v) is 8.19. The Morgan fingerprint density at radius 2 is 2.21 bits per heavy atom. The molecule has 3 heterocycles. The zero-order chi connectivity index (χ0) is 19.7. The maximum absolute atomic E-state index is 12.7. The summed E-state index contributed by atoms with van der Waals surface area (Å²) in [4.78, 5) is 25.9. The number of thiocarbonyl (C=S) groups is 1. The predicted octanol–water partition coefficient (Wildman–Crippen LogP) is 4.03. The summed E-state index contributed by atoms with van der Waals surface area (Å²) in [7, 11) is 0. The van der Waals surface area contributed by atoms with Crippen molar-refractivity contribution in [1.82, 2.24) is 4.90 Å². The zero-order valence-electron chi connectivity index (χ0n) is 14.8. The van der Waals surface area contributed by atoms with Crippen LogP contribution in [-0.4, -0.2) is 45.5 Å². The molecule has 8 heteroatoms. The van der Waals surface area contributed by atoms with Crippen molar-refractivity contribution >= 4 is 46.3 Å². The van der Waals surface area contributed by atoms with Crippen molar-refractivity contribution in [3.05, 3.63) is 52.6 Å². The minimum atomic E-state index is -0.997. The molecule has 2 fully saturated rings. The normalized spacial score (nSPS) is 21.1. The van der Waals surface area contributed by atoms with Crippen LogP contribution in [0.5, 0.6) is 0 Å². The van der Waals surface area contributed by atoms with Crippen molar-refractivity contribution in [3.8, 4) is 11.3 Å². The van der Waals surface area contributed by atoms with E-state index in [1.54, 1.807) is 41.3 Å². The molecule has 0 spiro atoms. The van der Waals surface area contributed by atoms with E-state index in [-0.39, 0.29) is 17.6 Å². The average Bonchev–Trinajstić information content (AvgIpc) is 3.41. The highest BCUT2D eigenvalue weighted by atomic mass is 32.2. The van der Waals surface area contributed by atoms with Crippen LogP contribution in [0.1, 0.15) is 29.0 Å². The van der Waals surface area contributed by atoms with Gasteiger partial charge in [0.25, 0.3) is 5.91 Å². The molecule has 1 N–H and O–H groups in total. The van der Waals surface area contributed by atoms with E-state index in [1.807, 2.05) is 0 Å². The van der Waals surface area contributed by atoms with Gasteiger partial charge >= 0.3 is 5.97 Å². The predicted molar refractivity (Wildman–Crippen MR) is 110 cm³/mol. The van der Waals surface area contributed by atoms with Crippen molar-refractivity contribution in [2.45, 2.75) is 18.9 Å². The van der Waals surface area contributed by atoms with Gasteiger partial charge in [0.15, 0.2) is 0 Å². The van der Waals surface area contributed by atoms with Crippen LogP contribution in [0.4, 0.5) is 0 Å². The Morgan fingerprint density at radius 3 is 2.96 bits per heavy atom. The van der Waals surface area contributed by atoms with Gasteiger partial charge in [0, 0.05) is 18.2 Å². The molecular weight excluding hydrogens is 398 g/mol. The standard InChI is InChI=1S/C20H17NO5S2/c22-18-17(28-20(27)21(18)11-15-5-2-8-25-15)10-14-6-7-16(26-14)12-3-1-4-13(9-12)19(23)24/h1,3-4,6-7,9-10,15H,2,5,8,11H2,(H,23,24)/b17-10-/t15-/m1/s1. The van der Waals surface area contributed by atoms with E-state index in [9.17, 15) is 9.59 Å². The van der Waals surface area contributed by atoms with Gasteiger partial charge in [-0.05, 0) is 37.1 Å². The van der Waals surface area contributed by atoms with E-state index in [0.717, 1.165) is 19.4 Å². The Kier molecular flexibility index (Phi) is 5.34. The molecule has 0 unspecified atom stereocenters. The smallest absolute Gasteiger partial charge is 0.335 e. The molecule has 0 aliphatic carbocycles. The monoisotopic (exact) mass is 415 g/mol. The molecule has 1 aromatic heterocycles. The van der Waals surface area contributed by atoms with Gasteiger partial charge in [-0.2, -0.15) is 0 Å². The second-order valence-electron chi connectivity index (χ2n) is 6.52. The number of hydrogen-bond acceptors (Lipinski definition) is 6. The van der Waals surface area contributed by atoms with E-state index < -0.39 is 5.97 Å². The van der Waals surface area contributed by atoms with Crippen molar-refractivity contribution in [2.75, 3.05) is 13.2 Å². The first kappa shape index (κ1) is 18.9. The number of carbonyl (C=O) groups is 2. The van der Waals surface area contributed by atoms with Crippen LogP contribution in [0.25, 0.3) is 17.4 Å². The highest BCUT2D eigenvalue weighted by Crippen LogP contribution is 2.34. The molecule has 4 rings (SSSR count). The maximum Gasteiger partial charge on any atom is 0.335 e. The SMILES string of the molecule is O=C(O)c1cccc(-c2ccc(/C=C3\SC(=S)N(C[C@H]4CCCO4)C3=O)o2)c1. The molecule has 1 aromatic carbocycles. The van der Waals surface area contributed by atoms with E-state index in [4.69, 9.17) is 26.5 Å². The first-order chi connectivity index (χ1) is 13.5. The Bertz CT molecular complexity index is 974. The number of furan rings is 1. The summed E-state index contributed by atoms with van der Waals surface area (Å²) in [5.74, 6) is -0.0996. The van der Waals surface area contributed by atoms with Gasteiger partial charge in [-0.15, -0.1) is 0 Å². The Labute approximate surface area is 171 Å². The van der Waals surface area contributed by atoms with Crippen molar-refractivity contribution < 1.29 is 23.8 Å². The van der Waals surface area contributed by atoms with Crippen LogP contribution in [-0.2, 0) is 9.53 Å². The summed E-state index contributed by atoms with van der Waals surface area (Å²) in [6.45, 7) is 1.21. The van der Waals surface area contributed by atoms with Crippen molar-refractivity contribution in [3.63, 3.8) is 0 Å². The number of ether oxygens (including phenoxy) is 1. The molecule has 1 atom stereocenters. The molecule has 0 saturated carbocycles. The van der Waals surface area contributed by atoms with Crippen LogP contribution < -0.4 is 0 Å². The highest BCUT2D eigenvalue weighted by Gasteiger charge is 2.34. The third-order valence-corrected chi connectivity index (χ3v) is 5.96. The Hall–Kier alpha value is -2.42. The summed E-state index contributed by atoms with van der Waals surface area (Å²) in [5.41, 5.74) is 0.843. The van der Waals surface area contributed by atoms with Crippen LogP contribution in [0, 0.1) is 0 Å². The first-order valence-electron chi connectivity index (χ1n) is 8.82. The van der Waals surface area contributed by atoms with Gasteiger partial charge in [-0.25, -0.2) is 4.79 Å². The van der Waals surface area contributed by atoms with E-state index in [0.29, 0.717) is 32.9 Å². The second kappa shape index (κ2) is 7.90. The van der Waals surface area contributed by atoms with E-state index >= 15 is 0 Å². The Balaban J connectivity index is 1.52. The van der Waals surface area contributed by atoms with Crippen LogP contribution in [0.3, 0.4) is 0 Å². The summed E-state index contributed by atoms with van der Waals surface area (Å²) in [5, 5.41) is 9.13. The van der Waals surface area contributed by atoms with Gasteiger partial charge in [0.05, 0.1) is 23.1 Å². The minimum Gasteiger partial charge on any atom is -0.478 e. The summed E-state index contributed by atoms with van der Waals surface area (Å²) in [6, 6.07) is 10.0. The number of hydrogen-bond donors (Lipinski definition) is 1. The number of nitrogens with zero attached hydrogens (tertiary/aromatic N) is 1. The molecule has 0 radical (unpaired) electrons. The summed E-state index contributed by atoms with van der Waals surface area (Å²) in [6.07, 6.45) is 3.65. The maximum atomic E-state index is 12.7. The number of benzene rings is 1. The summed E-state index contributed by atoms with van der Waals surface area (Å²) < 4.78 is 11.9. The zero-order valence-corrected chi connectivity index (χ0v) is 16.4. The number of rotatable bonds is 5. The number of carbonyl (C=O) groups excluding carboxylic acids is 1. The lowest BCUT2D eigenvalue weighted by atomic mass is 10.1. The van der Waals surface area contributed by atoms with Crippen molar-refractivity contribution in [2.24, 2.45) is 0 Å². The number of carboxylic acid groups (broad SMARTS) is 1. The molecule has 28 heavy (non-hydrogen) atoms. The van der Waals surface area contributed by atoms with Gasteiger partial charge in [-0.3, -0.25) is 9.69 Å². The first-order valence-corrected chi connectivity index (χ1v) is 10.0. The number of thioether (sulfide) groups is 1. The van der Waals surface area contributed by atoms with Crippen molar-refractivity contribution in [1.29, 1.82) is 0 Å². The molecule has 144 valence electrons. The van der Waals surface area contributed by atoms with Crippen LogP contribution in [0.15, 0.2) is 45.7 Å². The van der Waals surface area contributed by atoms with Gasteiger partial charge in [0.2, 0.25) is 0 Å². The van der Waals surface area contributed by atoms with Gasteiger partial charge in [0.1, 0.15) is 15.8 Å². The molecule has 2 aromatic rings. The molecule has 2 aliphatic heterocycles. The van der Waals surface area contributed by atoms with E-state index in [2.05, 4.69) is 0 Å². The van der Waals surface area contributed by atoms with Crippen LogP contribution >= 0.6 is 24.0 Å². The molecule has 6 nitrogen and oxygen atoms in total. The number of aromatic carboxylic acids is 1. The van der Waals surface area contributed by atoms with E-state index in [1.165, 1.54) is 17.8 Å². The third kappa shape index (κ3) is 3.89. The number of carboxylic acids is 1. The minimum absolute atomic E-state index is 0.0403. The molecule has 1 amide bonds.